The predicted octanol–water partition coefficient (Wildman–Crippen LogP) is 6.29. The zero-order chi connectivity index (χ0) is 20.8. The Bertz CT molecular complexity index is 1010. The van der Waals surface area contributed by atoms with Crippen LogP contribution in [0.4, 0.5) is 0 Å². The van der Waals surface area contributed by atoms with E-state index in [2.05, 4.69) is 56.8 Å². The Balaban J connectivity index is 1.53. The maximum atomic E-state index is 6.84. The zero-order valence-electron chi connectivity index (χ0n) is 17.6. The van der Waals surface area contributed by atoms with Gasteiger partial charge in [-0.05, 0) is 61.1 Å². The summed E-state index contributed by atoms with van der Waals surface area (Å²) in [7, 11) is 0. The Morgan fingerprint density at radius 3 is 2.47 bits per heavy atom. The van der Waals surface area contributed by atoms with E-state index in [1.54, 1.807) is 0 Å². The summed E-state index contributed by atoms with van der Waals surface area (Å²) in [5.41, 5.74) is 4.67. The van der Waals surface area contributed by atoms with Crippen molar-refractivity contribution in [3.8, 4) is 5.75 Å². The normalized spacial score (nSPS) is 32.5. The van der Waals surface area contributed by atoms with Gasteiger partial charge in [0.25, 0.3) is 0 Å². The SMILES string of the molecule is C=C(C)[C@@H]1CC=C(C)[C@@]2(C1)O[C@H]1C=C(c3ccccc3)C[C@@]1(Oc1ccccc1)O2. The van der Waals surface area contributed by atoms with Crippen LogP contribution in [0.2, 0.25) is 0 Å². The standard InChI is InChI=1S/C27H28O3/c1-19(2)22-15-14-20(3)26(17-22)29-25-16-23(21-10-6-4-7-11-21)18-27(25,30-26)28-24-12-8-5-9-13-24/h4-14,16,22,25H,1,15,17-18H2,2-3H3/t22-,25+,26+,27-/m1/s1. The summed E-state index contributed by atoms with van der Waals surface area (Å²) in [5.74, 6) is -0.503. The molecule has 154 valence electrons. The van der Waals surface area contributed by atoms with Crippen LogP contribution in [0.15, 0.2) is 90.5 Å². The first-order valence-electron chi connectivity index (χ1n) is 10.7. The molecule has 0 unspecified atom stereocenters. The minimum absolute atomic E-state index is 0.278. The number of hydrogen-bond donors (Lipinski definition) is 0. The average Bonchev–Trinajstić information content (AvgIpc) is 3.22. The van der Waals surface area contributed by atoms with Crippen molar-refractivity contribution in [2.45, 2.75) is 50.8 Å². The third-order valence-electron chi connectivity index (χ3n) is 6.58. The monoisotopic (exact) mass is 400 g/mol. The minimum Gasteiger partial charge on any atom is -0.459 e. The van der Waals surface area contributed by atoms with E-state index in [0.717, 1.165) is 24.2 Å². The fraction of sp³-hybridized carbons (Fsp3) is 0.333. The summed E-state index contributed by atoms with van der Waals surface area (Å²) in [6, 6.07) is 20.3. The lowest BCUT2D eigenvalue weighted by Crippen LogP contribution is -2.44. The molecule has 0 amide bonds. The zero-order valence-corrected chi connectivity index (χ0v) is 17.6. The van der Waals surface area contributed by atoms with Crippen LogP contribution >= 0.6 is 0 Å². The first-order chi connectivity index (χ1) is 14.5. The topological polar surface area (TPSA) is 27.7 Å². The molecule has 0 radical (unpaired) electrons. The molecule has 4 atom stereocenters. The van der Waals surface area contributed by atoms with Gasteiger partial charge >= 0.3 is 0 Å². The van der Waals surface area contributed by atoms with Crippen LogP contribution in [0, 0.1) is 5.92 Å². The summed E-state index contributed by atoms with van der Waals surface area (Å²) in [5, 5.41) is 0. The maximum absolute atomic E-state index is 6.84. The Morgan fingerprint density at radius 2 is 1.77 bits per heavy atom. The van der Waals surface area contributed by atoms with Gasteiger partial charge in [0.1, 0.15) is 11.9 Å². The molecule has 3 nitrogen and oxygen atoms in total. The highest BCUT2D eigenvalue weighted by atomic mass is 16.8. The van der Waals surface area contributed by atoms with E-state index in [4.69, 9.17) is 14.2 Å². The van der Waals surface area contributed by atoms with Crippen molar-refractivity contribution in [2.75, 3.05) is 0 Å². The van der Waals surface area contributed by atoms with Gasteiger partial charge in [-0.25, -0.2) is 0 Å². The molecule has 5 rings (SSSR count). The second kappa shape index (κ2) is 7.26. The van der Waals surface area contributed by atoms with Gasteiger partial charge < -0.3 is 14.2 Å². The molecule has 3 aliphatic rings. The van der Waals surface area contributed by atoms with Gasteiger partial charge in [0.2, 0.25) is 5.79 Å². The molecule has 1 aliphatic heterocycles. The van der Waals surface area contributed by atoms with Crippen LogP contribution < -0.4 is 4.74 Å². The molecule has 0 saturated carbocycles. The largest absolute Gasteiger partial charge is 0.459 e. The highest BCUT2D eigenvalue weighted by Crippen LogP contribution is 2.54. The second-order valence-corrected chi connectivity index (χ2v) is 8.73. The number of fused-ring (bicyclic) bond motifs is 1. The molecular formula is C27H28O3. The van der Waals surface area contributed by atoms with Gasteiger partial charge in [0, 0.05) is 12.8 Å². The molecule has 1 saturated heterocycles. The second-order valence-electron chi connectivity index (χ2n) is 8.73. The third-order valence-corrected chi connectivity index (χ3v) is 6.58. The average molecular weight is 401 g/mol. The van der Waals surface area contributed by atoms with Gasteiger partial charge in [-0.3, -0.25) is 0 Å². The van der Waals surface area contributed by atoms with Crippen molar-refractivity contribution in [2.24, 2.45) is 5.92 Å². The Labute approximate surface area is 178 Å². The molecule has 30 heavy (non-hydrogen) atoms. The van der Waals surface area contributed by atoms with Gasteiger partial charge in [0.05, 0.1) is 0 Å². The highest BCUT2D eigenvalue weighted by Gasteiger charge is 2.62. The first-order valence-corrected chi connectivity index (χ1v) is 10.7. The number of para-hydroxylation sites is 1. The lowest BCUT2D eigenvalue weighted by Gasteiger charge is -2.38. The highest BCUT2D eigenvalue weighted by molar-refractivity contribution is 5.70. The fourth-order valence-electron chi connectivity index (χ4n) is 4.80. The molecule has 1 spiro atoms. The summed E-state index contributed by atoms with van der Waals surface area (Å²) in [4.78, 5) is 0. The van der Waals surface area contributed by atoms with Gasteiger partial charge in [0.15, 0.2) is 5.79 Å². The molecule has 2 aromatic rings. The summed E-state index contributed by atoms with van der Waals surface area (Å²) < 4.78 is 20.1. The Kier molecular flexibility index (Phi) is 4.68. The van der Waals surface area contributed by atoms with E-state index in [9.17, 15) is 0 Å². The Hall–Kier alpha value is -2.62. The van der Waals surface area contributed by atoms with Crippen molar-refractivity contribution in [3.05, 3.63) is 96.1 Å². The van der Waals surface area contributed by atoms with E-state index >= 15 is 0 Å². The number of allylic oxidation sites excluding steroid dienone is 2. The number of hydrogen-bond acceptors (Lipinski definition) is 3. The number of rotatable bonds is 4. The van der Waals surface area contributed by atoms with Crippen molar-refractivity contribution in [1.29, 1.82) is 0 Å². The van der Waals surface area contributed by atoms with Gasteiger partial charge in [-0.2, -0.15) is 0 Å². The molecule has 3 heteroatoms. The van der Waals surface area contributed by atoms with Crippen molar-refractivity contribution in [3.63, 3.8) is 0 Å². The van der Waals surface area contributed by atoms with Crippen molar-refractivity contribution in [1.82, 2.24) is 0 Å². The van der Waals surface area contributed by atoms with Crippen LogP contribution in [-0.2, 0) is 9.47 Å². The van der Waals surface area contributed by atoms with Gasteiger partial charge in [-0.15, -0.1) is 0 Å². The van der Waals surface area contributed by atoms with Gasteiger partial charge in [-0.1, -0.05) is 66.8 Å². The number of ether oxygens (including phenoxy) is 3. The number of benzene rings is 2. The van der Waals surface area contributed by atoms with E-state index < -0.39 is 11.6 Å². The molecule has 1 heterocycles. The molecule has 2 aromatic carbocycles. The molecule has 0 aromatic heterocycles. The third kappa shape index (κ3) is 3.23. The molecular weight excluding hydrogens is 372 g/mol. The lowest BCUT2D eigenvalue weighted by molar-refractivity contribution is -0.222. The summed E-state index contributed by atoms with van der Waals surface area (Å²) in [6.07, 6.45) is 6.55. The van der Waals surface area contributed by atoms with Crippen LogP contribution in [0.25, 0.3) is 5.57 Å². The molecule has 0 N–H and O–H groups in total. The lowest BCUT2D eigenvalue weighted by atomic mass is 9.82. The van der Waals surface area contributed by atoms with Crippen molar-refractivity contribution >= 4 is 5.57 Å². The Morgan fingerprint density at radius 1 is 1.07 bits per heavy atom. The van der Waals surface area contributed by atoms with E-state index in [1.165, 1.54) is 16.7 Å². The minimum atomic E-state index is -0.876. The van der Waals surface area contributed by atoms with E-state index in [-0.39, 0.29) is 6.10 Å². The summed E-state index contributed by atoms with van der Waals surface area (Å²) in [6.45, 7) is 8.38. The molecule has 2 aliphatic carbocycles. The van der Waals surface area contributed by atoms with Crippen LogP contribution in [0.1, 0.15) is 38.7 Å². The fourth-order valence-corrected chi connectivity index (χ4v) is 4.80. The molecule has 0 bridgehead atoms. The first kappa shape index (κ1) is 19.3. The van der Waals surface area contributed by atoms with E-state index in [0.29, 0.717) is 12.3 Å². The van der Waals surface area contributed by atoms with E-state index in [1.807, 2.05) is 36.4 Å². The van der Waals surface area contributed by atoms with Crippen LogP contribution in [0.5, 0.6) is 5.75 Å². The summed E-state index contributed by atoms with van der Waals surface area (Å²) >= 11 is 0. The maximum Gasteiger partial charge on any atom is 0.247 e. The molecule has 1 fully saturated rings. The van der Waals surface area contributed by atoms with Crippen LogP contribution in [0.3, 0.4) is 0 Å². The quantitative estimate of drug-likeness (QED) is 0.564. The van der Waals surface area contributed by atoms with Crippen LogP contribution in [-0.4, -0.2) is 17.7 Å². The smallest absolute Gasteiger partial charge is 0.247 e. The predicted molar refractivity (Wildman–Crippen MR) is 119 cm³/mol. The van der Waals surface area contributed by atoms with Crippen molar-refractivity contribution < 1.29 is 14.2 Å².